The minimum atomic E-state index is -0.682. The second kappa shape index (κ2) is 12.3. The third-order valence-corrected chi connectivity index (χ3v) is 9.47. The molecule has 2 bridgehead atoms. The maximum atomic E-state index is 16.9. The Morgan fingerprint density at radius 3 is 2.54 bits per heavy atom. The van der Waals surface area contributed by atoms with E-state index in [1.807, 2.05) is 42.7 Å². The zero-order valence-electron chi connectivity index (χ0n) is 27.3. The van der Waals surface area contributed by atoms with Gasteiger partial charge in [0.05, 0.1) is 22.9 Å². The second-order valence-corrected chi connectivity index (χ2v) is 14.2. The molecule has 1 aliphatic carbocycles. The molecule has 252 valence electrons. The van der Waals surface area contributed by atoms with Crippen LogP contribution in [-0.2, 0) is 14.3 Å². The highest BCUT2D eigenvalue weighted by Gasteiger charge is 2.46. The number of carbonyl (C=O) groups excluding carboxylic acids is 2. The van der Waals surface area contributed by atoms with E-state index in [9.17, 15) is 9.59 Å². The van der Waals surface area contributed by atoms with Gasteiger partial charge in [0.2, 0.25) is 0 Å². The summed E-state index contributed by atoms with van der Waals surface area (Å²) < 4.78 is 39.4. The van der Waals surface area contributed by atoms with E-state index in [1.54, 1.807) is 24.4 Å². The van der Waals surface area contributed by atoms with E-state index in [2.05, 4.69) is 9.97 Å². The molecule has 2 aromatic heterocycles. The van der Waals surface area contributed by atoms with Crippen molar-refractivity contribution in [1.82, 2.24) is 19.9 Å². The summed E-state index contributed by atoms with van der Waals surface area (Å²) in [6.45, 7) is 6.57. The van der Waals surface area contributed by atoms with Crippen LogP contribution in [0.4, 0.5) is 15.0 Å². The maximum absolute atomic E-state index is 16.9. The molecule has 7 rings (SSSR count). The summed E-state index contributed by atoms with van der Waals surface area (Å²) in [7, 11) is 1.52. The van der Waals surface area contributed by atoms with E-state index in [-0.39, 0.29) is 48.8 Å². The van der Waals surface area contributed by atoms with E-state index in [1.165, 1.54) is 7.11 Å². The van der Waals surface area contributed by atoms with E-state index >= 15 is 4.39 Å². The highest BCUT2D eigenvalue weighted by molar-refractivity contribution is 6.36. The predicted octanol–water partition coefficient (Wildman–Crippen LogP) is 6.57. The number of anilines is 1. The van der Waals surface area contributed by atoms with E-state index in [0.29, 0.717) is 58.9 Å². The Balaban J connectivity index is 1.32. The number of fused-ring (bicyclic) bond motifs is 4. The van der Waals surface area contributed by atoms with Gasteiger partial charge in [-0.2, -0.15) is 9.97 Å². The fraction of sp³-hybridized carbons (Fsp3) is 0.457. The molecule has 0 radical (unpaired) electrons. The van der Waals surface area contributed by atoms with Gasteiger partial charge in [0.15, 0.2) is 12.6 Å². The lowest BCUT2D eigenvalue weighted by molar-refractivity contribution is -0.113. The first-order valence-corrected chi connectivity index (χ1v) is 16.4. The molecule has 3 fully saturated rings. The van der Waals surface area contributed by atoms with Gasteiger partial charge in [-0.15, -0.1) is 0 Å². The minimum Gasteiger partial charge on any atom is -0.468 e. The first kappa shape index (κ1) is 32.3. The molecule has 2 unspecified atom stereocenters. The van der Waals surface area contributed by atoms with Gasteiger partial charge in [-0.3, -0.25) is 9.88 Å². The van der Waals surface area contributed by atoms with Crippen LogP contribution in [0.1, 0.15) is 46.5 Å². The van der Waals surface area contributed by atoms with Crippen LogP contribution in [0.2, 0.25) is 5.02 Å². The predicted molar refractivity (Wildman–Crippen MR) is 178 cm³/mol. The lowest BCUT2D eigenvalue weighted by atomic mass is 10.00. The Bertz CT molecular complexity index is 1900. The van der Waals surface area contributed by atoms with Crippen molar-refractivity contribution in [2.45, 2.75) is 64.1 Å². The Kier molecular flexibility index (Phi) is 8.27. The number of halogens is 2. The number of ether oxygens (including phenoxy) is 4. The summed E-state index contributed by atoms with van der Waals surface area (Å²) in [6, 6.07) is 8.63. The summed E-state index contributed by atoms with van der Waals surface area (Å²) in [5, 5.41) is 2.17. The number of piperazine rings is 1. The van der Waals surface area contributed by atoms with Crippen LogP contribution < -0.4 is 14.4 Å². The standard InChI is InChI=1S/C35H37ClFN5O6/c1-34(2,3)48-33(44)42-21-8-9-22(42)16-41(15-21)31-25-14-38-29(28(37)30(25)39-32(40-31)46-18-35(17-43)10-11-35)24-13-23(47-19-45-4)12-20-6-5-7-26(36)27(20)24/h5-7,12-14,17,21-22H,8-11,15-16,18-19H2,1-4H3. The summed E-state index contributed by atoms with van der Waals surface area (Å²) in [6.07, 6.45) is 5.17. The Morgan fingerprint density at radius 1 is 1.12 bits per heavy atom. The molecule has 0 spiro atoms. The van der Waals surface area contributed by atoms with Gasteiger partial charge < -0.3 is 28.6 Å². The molecule has 2 aromatic carbocycles. The smallest absolute Gasteiger partial charge is 0.410 e. The Morgan fingerprint density at radius 2 is 1.88 bits per heavy atom. The molecule has 2 aliphatic heterocycles. The topological polar surface area (TPSA) is 116 Å². The lowest BCUT2D eigenvalue weighted by Gasteiger charge is -2.42. The van der Waals surface area contributed by atoms with Gasteiger partial charge in [0.25, 0.3) is 0 Å². The number of aldehydes is 1. The molecule has 1 amide bonds. The molecule has 0 N–H and O–H groups in total. The fourth-order valence-corrected chi connectivity index (χ4v) is 6.90. The molecule has 13 heteroatoms. The SMILES string of the molecule is COCOc1cc(-c2ncc3c(N4CC5CCC(C4)N5C(=O)OC(C)(C)C)nc(OCC4(C=O)CC4)nc3c2F)c2c(Cl)cccc2c1. The molecule has 2 saturated heterocycles. The van der Waals surface area contributed by atoms with E-state index in [4.69, 9.17) is 35.5 Å². The molecular formula is C35H37ClFN5O6. The van der Waals surface area contributed by atoms with Crippen LogP contribution >= 0.6 is 11.6 Å². The van der Waals surface area contributed by atoms with Gasteiger partial charge in [-0.05, 0) is 70.0 Å². The first-order chi connectivity index (χ1) is 23.0. The molecule has 1 saturated carbocycles. The second-order valence-electron chi connectivity index (χ2n) is 13.8. The van der Waals surface area contributed by atoms with Crippen LogP contribution in [0.3, 0.4) is 0 Å². The molecule has 11 nitrogen and oxygen atoms in total. The lowest BCUT2D eigenvalue weighted by Crippen LogP contribution is -2.57. The highest BCUT2D eigenvalue weighted by Crippen LogP contribution is 2.44. The molecule has 48 heavy (non-hydrogen) atoms. The van der Waals surface area contributed by atoms with Crippen molar-refractivity contribution in [3.05, 3.63) is 47.4 Å². The summed E-state index contributed by atoms with van der Waals surface area (Å²) in [5.41, 5.74) is -0.721. The average Bonchev–Trinajstić information content (AvgIpc) is 3.79. The van der Waals surface area contributed by atoms with Crippen molar-refractivity contribution in [3.8, 4) is 23.0 Å². The molecule has 4 aromatic rings. The van der Waals surface area contributed by atoms with Gasteiger partial charge in [0.1, 0.15) is 41.3 Å². The highest BCUT2D eigenvalue weighted by atomic mass is 35.5. The van der Waals surface area contributed by atoms with Crippen molar-refractivity contribution in [2.75, 3.05) is 38.5 Å². The molecule has 4 heterocycles. The number of carbonyl (C=O) groups is 2. The van der Waals surface area contributed by atoms with Crippen LogP contribution in [0.15, 0.2) is 36.5 Å². The summed E-state index contributed by atoms with van der Waals surface area (Å²) in [5.74, 6) is 0.222. The number of methoxy groups -OCH3 is 1. The average molecular weight is 678 g/mol. The molecule has 2 atom stereocenters. The van der Waals surface area contributed by atoms with Crippen molar-refractivity contribution in [3.63, 3.8) is 0 Å². The minimum absolute atomic E-state index is 0.00187. The number of nitrogens with zero attached hydrogens (tertiary/aromatic N) is 5. The Labute approximate surface area is 282 Å². The van der Waals surface area contributed by atoms with Crippen molar-refractivity contribution in [1.29, 1.82) is 0 Å². The number of hydrogen-bond acceptors (Lipinski definition) is 10. The quantitative estimate of drug-likeness (QED) is 0.142. The number of pyridine rings is 1. The van der Waals surface area contributed by atoms with Crippen molar-refractivity contribution < 1.29 is 32.9 Å². The zero-order valence-corrected chi connectivity index (χ0v) is 28.1. The summed E-state index contributed by atoms with van der Waals surface area (Å²) in [4.78, 5) is 42.6. The third kappa shape index (κ3) is 6.07. The summed E-state index contributed by atoms with van der Waals surface area (Å²) >= 11 is 6.66. The third-order valence-electron chi connectivity index (χ3n) is 9.16. The van der Waals surface area contributed by atoms with Crippen molar-refractivity contribution >= 4 is 51.5 Å². The van der Waals surface area contributed by atoms with Crippen LogP contribution in [-0.4, -0.2) is 83.5 Å². The molecule has 3 aliphatic rings. The maximum Gasteiger partial charge on any atom is 0.410 e. The zero-order chi connectivity index (χ0) is 33.8. The normalized spacial score (nSPS) is 19.9. The fourth-order valence-electron chi connectivity index (χ4n) is 6.62. The molecular weight excluding hydrogens is 641 g/mol. The largest absolute Gasteiger partial charge is 0.468 e. The Hall–Kier alpha value is -4.29. The number of benzene rings is 2. The van der Waals surface area contributed by atoms with Crippen LogP contribution in [0.5, 0.6) is 11.8 Å². The van der Waals surface area contributed by atoms with Gasteiger partial charge in [0, 0.05) is 42.4 Å². The van der Waals surface area contributed by atoms with E-state index in [0.717, 1.165) is 24.5 Å². The monoisotopic (exact) mass is 677 g/mol. The van der Waals surface area contributed by atoms with Crippen LogP contribution in [0, 0.1) is 11.2 Å². The van der Waals surface area contributed by atoms with Gasteiger partial charge >= 0.3 is 12.1 Å². The number of amides is 1. The van der Waals surface area contributed by atoms with Crippen LogP contribution in [0.25, 0.3) is 32.9 Å². The van der Waals surface area contributed by atoms with Gasteiger partial charge in [-0.1, -0.05) is 23.7 Å². The van der Waals surface area contributed by atoms with Crippen molar-refractivity contribution in [2.24, 2.45) is 5.41 Å². The number of hydrogen-bond donors (Lipinski definition) is 0. The van der Waals surface area contributed by atoms with E-state index < -0.39 is 16.8 Å². The first-order valence-electron chi connectivity index (χ1n) is 16.1. The number of rotatable bonds is 9. The number of aromatic nitrogens is 3. The van der Waals surface area contributed by atoms with Gasteiger partial charge in [-0.25, -0.2) is 9.18 Å².